The summed E-state index contributed by atoms with van der Waals surface area (Å²) in [5.41, 5.74) is 4.86. The normalized spacial score (nSPS) is 24.0. The number of nitrogens with two attached hydrogens (primary N) is 1. The van der Waals surface area contributed by atoms with E-state index in [1.807, 2.05) is 0 Å². The highest BCUT2D eigenvalue weighted by atomic mass is 16.7. The summed E-state index contributed by atoms with van der Waals surface area (Å²) in [6, 6.07) is -2.00. The van der Waals surface area contributed by atoms with E-state index in [0.29, 0.717) is 19.4 Å². The first kappa shape index (κ1) is 132. The Bertz CT molecular complexity index is 3980. The lowest BCUT2D eigenvalue weighted by atomic mass is 9.76. The van der Waals surface area contributed by atoms with E-state index in [4.69, 9.17) is 110 Å². The Labute approximate surface area is 878 Å². The van der Waals surface area contributed by atoms with Gasteiger partial charge in [-0.25, -0.2) is 0 Å². The minimum absolute atomic E-state index is 0.0000977. The van der Waals surface area contributed by atoms with Crippen LogP contribution in [0.5, 0.6) is 0 Å². The molecule has 0 spiro atoms. The summed E-state index contributed by atoms with van der Waals surface area (Å²) in [5, 5.41) is 8.51. The highest BCUT2D eigenvalue weighted by Gasteiger charge is 2.53. The minimum Gasteiger partial charge on any atom is -0.465 e. The summed E-state index contributed by atoms with van der Waals surface area (Å²) in [4.78, 5) is 254. The molecule has 1 aliphatic heterocycles. The van der Waals surface area contributed by atoms with Gasteiger partial charge in [0.25, 0.3) is 0 Å². The van der Waals surface area contributed by atoms with E-state index >= 15 is 0 Å². The van der Waals surface area contributed by atoms with Crippen molar-refractivity contribution in [1.82, 2.24) is 16.0 Å². The van der Waals surface area contributed by atoms with Crippen LogP contribution < -0.4 is 21.7 Å². The fourth-order valence-corrected chi connectivity index (χ4v) is 18.4. The molecule has 0 aromatic carbocycles. The number of carbonyl (C=O) groups excluding carboxylic acids is 20. The second kappa shape index (κ2) is 73.4. The number of hydrogen-bond acceptors (Lipinski definition) is 43. The Kier molecular flexibility index (Phi) is 64.8. The van der Waals surface area contributed by atoms with Crippen LogP contribution in [0.25, 0.3) is 0 Å². The molecule has 0 aromatic heterocycles. The number of rotatable bonds is 78. The van der Waals surface area contributed by atoms with Gasteiger partial charge in [-0.05, 0) is 77.0 Å². The molecule has 0 radical (unpaired) electrons. The number of esters is 11. The summed E-state index contributed by atoms with van der Waals surface area (Å²) >= 11 is 0. The van der Waals surface area contributed by atoms with Gasteiger partial charge >= 0.3 is 65.7 Å². The zero-order chi connectivity index (χ0) is 111. The molecule has 3 amide bonds. The number of ketones is 6. The van der Waals surface area contributed by atoms with E-state index < -0.39 is 227 Å². The van der Waals surface area contributed by atoms with Crippen LogP contribution in [-0.2, 0) is 200 Å². The smallest absolute Gasteiger partial charge is 0.303 e. The van der Waals surface area contributed by atoms with Crippen molar-refractivity contribution in [3.63, 3.8) is 0 Å². The first-order chi connectivity index (χ1) is 71.2. The summed E-state index contributed by atoms with van der Waals surface area (Å²) in [6.45, 7) is 23.6. The lowest BCUT2D eigenvalue weighted by Crippen LogP contribution is -2.63. The number of amides is 3. The van der Waals surface area contributed by atoms with Crippen LogP contribution in [0.2, 0.25) is 0 Å². The summed E-state index contributed by atoms with van der Waals surface area (Å²) in [6.07, 6.45) is -9.25. The molecule has 4 aliphatic rings. The van der Waals surface area contributed by atoms with Crippen molar-refractivity contribution in [3.05, 3.63) is 0 Å². The van der Waals surface area contributed by atoms with Gasteiger partial charge in [0.1, 0.15) is 96.2 Å². The second-order valence-electron chi connectivity index (χ2n) is 38.7. The van der Waals surface area contributed by atoms with Gasteiger partial charge in [-0.15, -0.1) is 0 Å². The lowest BCUT2D eigenvalue weighted by molar-refractivity contribution is -0.262. The molecule has 5 N–H and O–H groups in total. The number of nitrogens with one attached hydrogen (secondary N) is 3. The summed E-state index contributed by atoms with van der Waals surface area (Å²) in [7, 11) is 0. The molecular weight excluding hydrogens is 1980 g/mol. The number of Topliss-reactive ketones (excluding diaryl/α,β-unsaturated/α-hetero) is 6. The van der Waals surface area contributed by atoms with E-state index in [-0.39, 0.29) is 303 Å². The average Bonchev–Trinajstić information content (AvgIpc) is 0.805. The molecule has 3 unspecified atom stereocenters. The lowest BCUT2D eigenvalue weighted by Gasteiger charge is -2.44. The number of ether oxygens (including phenoxy) is 22. The van der Waals surface area contributed by atoms with Crippen molar-refractivity contribution in [1.29, 1.82) is 0 Å². The van der Waals surface area contributed by atoms with E-state index in [9.17, 15) is 95.9 Å². The molecule has 0 bridgehead atoms. The Morgan fingerprint density at radius 2 is 0.607 bits per heavy atom. The molecule has 4 fully saturated rings. The molecule has 3 aliphatic carbocycles. The van der Waals surface area contributed by atoms with Crippen LogP contribution in [-0.4, -0.2) is 348 Å². The molecule has 3 saturated carbocycles. The van der Waals surface area contributed by atoms with Crippen molar-refractivity contribution >= 4 is 118 Å². The van der Waals surface area contributed by atoms with Crippen molar-refractivity contribution in [2.75, 3.05) is 139 Å². The topological polar surface area (TPSA) is 607 Å². The third-order valence-electron chi connectivity index (χ3n) is 26.1. The first-order valence-corrected chi connectivity index (χ1v) is 52.2. The number of hydrogen-bond donors (Lipinski definition) is 4. The molecule has 854 valence electrons. The van der Waals surface area contributed by atoms with E-state index in [0.717, 1.165) is 0 Å². The maximum Gasteiger partial charge on any atom is 0.303 e. The fraction of sp³-hybridized carbons (Fsp3) is 0.808. The molecular formula is C104H166N4O42. The molecule has 21 atom stereocenters. The largest absolute Gasteiger partial charge is 0.465 e. The number of carbonyl (C=O) groups is 20. The van der Waals surface area contributed by atoms with Crippen LogP contribution in [0, 0.1) is 41.4 Å². The zero-order valence-electron chi connectivity index (χ0n) is 90.4. The zero-order valence-corrected chi connectivity index (χ0v) is 90.4. The standard InChI is InChI=1S/C104H166N4O42/c1-63-89(56-79(59-139-68(6)110)100(147-76(14)118)97(63)144-73(11)115)135-52-48-130-41-19-24-83(122)33-36-104(37-34-84(123)25-20-42-131-49-53-136-90-57-80(60-140-69(7)111)101(148-77(15)119)98(64(90)2)145-74(12)116,38-35-85(124)26-21-43-132-50-54-137-91-58-81(61-141-70(8)112)102(149-78(16)120)99(65(91)3)146-75(13)117)108-94(128)31-28-86(125)27-29-87(105)88(126)30-32-93(127)106-39-17-22-82(121)23-18-40-129-44-45-133-46-47-134-51-55-138-103-95(107-67(5)109)96(143-72(10)114)66(4)92(150-103)62-142-71(9)113/h63-66,79-81,87,89-92,95-103H,17-62,105H2,1-16H3,(H,106,127)(H,107,109)(H,108,128)/t63-,64-,65-,66+,79+,80+,81+,87+,89?,90?,91?,92-,95-,96+,97+,98+,99+,100-,101-,102-,103-,104?/m1/s1. The molecule has 4 rings (SSSR count). The average molecular weight is 2140 g/mol. The van der Waals surface area contributed by atoms with E-state index in [1.54, 1.807) is 27.7 Å². The third-order valence-corrected chi connectivity index (χ3v) is 26.1. The van der Waals surface area contributed by atoms with Crippen LogP contribution in [0.4, 0.5) is 0 Å². The monoisotopic (exact) mass is 2140 g/mol. The van der Waals surface area contributed by atoms with Crippen molar-refractivity contribution in [3.8, 4) is 0 Å². The van der Waals surface area contributed by atoms with Gasteiger partial charge in [0.2, 0.25) is 17.7 Å². The Hall–Kier alpha value is -9.88. The minimum atomic E-state index is -1.41. The molecule has 46 heteroatoms. The predicted octanol–water partition coefficient (Wildman–Crippen LogP) is 6.16. The fourth-order valence-electron chi connectivity index (χ4n) is 18.4. The van der Waals surface area contributed by atoms with Crippen molar-refractivity contribution in [2.45, 2.75) is 362 Å². The second-order valence-corrected chi connectivity index (χ2v) is 38.7. The highest BCUT2D eigenvalue weighted by molar-refractivity contribution is 5.90. The van der Waals surface area contributed by atoms with Gasteiger partial charge < -0.3 is 126 Å². The molecule has 150 heavy (non-hydrogen) atoms. The molecule has 1 saturated heterocycles. The van der Waals surface area contributed by atoms with Crippen molar-refractivity contribution in [2.24, 2.45) is 47.2 Å². The highest BCUT2D eigenvalue weighted by Crippen LogP contribution is 2.41. The van der Waals surface area contributed by atoms with Gasteiger partial charge in [0.05, 0.1) is 123 Å². The van der Waals surface area contributed by atoms with Crippen LogP contribution in [0.3, 0.4) is 0 Å². The van der Waals surface area contributed by atoms with Gasteiger partial charge in [-0.1, -0.05) is 27.7 Å². The third kappa shape index (κ3) is 55.1. The van der Waals surface area contributed by atoms with Crippen LogP contribution in [0.1, 0.15) is 271 Å². The Morgan fingerprint density at radius 3 is 0.953 bits per heavy atom. The van der Waals surface area contributed by atoms with E-state index in [2.05, 4.69) is 16.0 Å². The van der Waals surface area contributed by atoms with Gasteiger partial charge in [0, 0.05) is 246 Å². The molecule has 0 aromatic rings. The maximum atomic E-state index is 14.5. The van der Waals surface area contributed by atoms with E-state index in [1.165, 1.54) is 83.1 Å². The Balaban J connectivity index is 1.39. The first-order valence-electron chi connectivity index (χ1n) is 52.2. The quantitative estimate of drug-likeness (QED) is 0.0301. The van der Waals surface area contributed by atoms with Gasteiger partial charge in [0.15, 0.2) is 6.29 Å². The van der Waals surface area contributed by atoms with Gasteiger partial charge in [-0.2, -0.15) is 0 Å². The molecule has 46 nitrogen and oxygen atoms in total. The van der Waals surface area contributed by atoms with Crippen LogP contribution >= 0.6 is 0 Å². The Morgan fingerprint density at radius 1 is 0.307 bits per heavy atom. The van der Waals surface area contributed by atoms with Crippen molar-refractivity contribution < 1.29 is 200 Å². The van der Waals surface area contributed by atoms with Crippen LogP contribution in [0.15, 0.2) is 0 Å². The molecule has 1 heterocycles. The maximum absolute atomic E-state index is 14.5. The summed E-state index contributed by atoms with van der Waals surface area (Å²) in [5.74, 6) is -13.4. The van der Waals surface area contributed by atoms with Gasteiger partial charge in [-0.3, -0.25) is 95.9 Å². The predicted molar refractivity (Wildman–Crippen MR) is 526 cm³/mol. The summed E-state index contributed by atoms with van der Waals surface area (Å²) < 4.78 is 126. The SMILES string of the molecule is CC(=O)N[C@H]1[C@H](OCCOCCOCCOCCCC(=O)CCCNC(=O)CCC(=O)[C@@H](N)CCC(=O)CCC(=O)NC(CCC(=O)CCCOCCOC2C[C@@H](COC(C)=O)[C@@H](OC(C)=O)[C@@H](OC(C)=O)[C@@H]2C)(CCC(=O)CCCOCCOC2C[C@@H](COC(C)=O)[C@@H](OC(C)=O)[C@@H](OC(C)=O)[C@@H]2C)CCC(=O)CCCOCCOC2C[C@@H](COC(C)=O)[C@@H](OC(C)=O)[C@@H](OC(C)=O)[C@@H]2C)O[C@H](COC(C)=O)[C@H](C)[C@@H]1OC(C)=O.